The third-order valence-electron chi connectivity index (χ3n) is 13.8. The summed E-state index contributed by atoms with van der Waals surface area (Å²) in [6.07, 6.45) is 8.73. The first kappa shape index (κ1) is 28.1. The maximum absolute atomic E-state index is 12.7. The summed E-state index contributed by atoms with van der Waals surface area (Å²) in [5, 5.41) is 48.4. The molecular weight excluding hydrogens is 592 g/mol. The molecule has 3 saturated carbocycles. The van der Waals surface area contributed by atoms with Gasteiger partial charge in [0.25, 0.3) is 0 Å². The highest BCUT2D eigenvalue weighted by Crippen LogP contribution is 2.80. The van der Waals surface area contributed by atoms with Crippen molar-refractivity contribution in [3.63, 3.8) is 0 Å². The molecule has 9 heteroatoms. The Labute approximate surface area is 274 Å². The fourth-order valence-corrected chi connectivity index (χ4v) is 12.4. The summed E-state index contributed by atoms with van der Waals surface area (Å²) in [6.45, 7) is 16.2. The lowest BCUT2D eigenvalue weighted by Crippen LogP contribution is -3.07. The molecule has 4 bridgehead atoms. The van der Waals surface area contributed by atoms with Crippen molar-refractivity contribution in [3.05, 3.63) is 84.5 Å². The molecule has 5 fully saturated rings. The first-order valence-electron chi connectivity index (χ1n) is 16.9. The number of ether oxygens (including phenoxy) is 2. The van der Waals surface area contributed by atoms with Crippen molar-refractivity contribution >= 4 is 11.4 Å². The van der Waals surface area contributed by atoms with Crippen LogP contribution >= 0.6 is 0 Å². The lowest BCUT2D eigenvalue weighted by Gasteiger charge is -2.86. The van der Waals surface area contributed by atoms with Crippen molar-refractivity contribution in [2.24, 2.45) is 16.1 Å². The first-order chi connectivity index (χ1) is 22.6. The van der Waals surface area contributed by atoms with Crippen LogP contribution in [-0.4, -0.2) is 79.7 Å². The number of hydrogen-bond acceptors (Lipinski definition) is 9. The van der Waals surface area contributed by atoms with Gasteiger partial charge >= 0.3 is 0 Å². The molecule has 9 atom stereocenters. The minimum atomic E-state index is -1.06. The SMILES string of the molecule is C=CCN1CC[C@]23c4c(ccc(O)c4O[C@H]2/C(C=C)=N/N=C2C[C@@]45C[C@]67c8c(ccc(O)c8O[C@@H]26)C[C@@](CC=C)(N4)[C@]57O)C[C@@H]1[C@@H]3C. The van der Waals surface area contributed by atoms with Crippen molar-refractivity contribution < 1.29 is 24.8 Å². The maximum atomic E-state index is 12.7. The summed E-state index contributed by atoms with van der Waals surface area (Å²) in [5.74, 6) is 1.46. The highest BCUT2D eigenvalue weighted by atomic mass is 16.5. The topological polar surface area (TPSA) is 119 Å². The zero-order valence-corrected chi connectivity index (χ0v) is 26.6. The van der Waals surface area contributed by atoms with Gasteiger partial charge in [-0.05, 0) is 73.9 Å². The van der Waals surface area contributed by atoms with Crippen LogP contribution in [0, 0.1) is 5.92 Å². The van der Waals surface area contributed by atoms with Gasteiger partial charge in [0.2, 0.25) is 0 Å². The summed E-state index contributed by atoms with van der Waals surface area (Å²) >= 11 is 0. The third kappa shape index (κ3) is 2.74. The van der Waals surface area contributed by atoms with Gasteiger partial charge in [-0.3, -0.25) is 10.2 Å². The summed E-state index contributed by atoms with van der Waals surface area (Å²) in [6, 6.07) is 7.75. The lowest BCUT2D eigenvalue weighted by molar-refractivity contribution is -0.343. The van der Waals surface area contributed by atoms with E-state index in [2.05, 4.69) is 36.9 Å². The molecule has 3 spiro atoms. The van der Waals surface area contributed by atoms with Crippen molar-refractivity contribution in [1.82, 2.24) is 10.2 Å². The highest BCUT2D eigenvalue weighted by molar-refractivity contribution is 6.03. The second-order valence-corrected chi connectivity index (χ2v) is 15.3. The number of aromatic hydroxyl groups is 2. The molecule has 5 aliphatic carbocycles. The number of fused-ring (bicyclic) bond motifs is 2. The number of phenolic OH excluding ortho intramolecular Hbond substituents is 2. The summed E-state index contributed by atoms with van der Waals surface area (Å²) in [7, 11) is 0. The van der Waals surface area contributed by atoms with E-state index in [9.17, 15) is 15.3 Å². The molecule has 2 aromatic rings. The average Bonchev–Trinajstić information content (AvgIpc) is 3.59. The van der Waals surface area contributed by atoms with Gasteiger partial charge in [0.15, 0.2) is 35.2 Å². The Morgan fingerprint density at radius 3 is 2.55 bits per heavy atom. The number of likely N-dealkylation sites (tertiary alicyclic amines) is 1. The van der Waals surface area contributed by atoms with Crippen LogP contribution in [0.15, 0.2) is 72.4 Å². The Morgan fingerprint density at radius 1 is 1.04 bits per heavy atom. The van der Waals surface area contributed by atoms with Gasteiger partial charge in [-0.2, -0.15) is 10.2 Å². The highest BCUT2D eigenvalue weighted by Gasteiger charge is 2.95. The smallest absolute Gasteiger partial charge is 0.166 e. The summed E-state index contributed by atoms with van der Waals surface area (Å²) in [4.78, 5) is 2.51. The lowest BCUT2D eigenvalue weighted by atomic mass is 9.26. The number of nitrogens with one attached hydrogen (secondary N) is 1. The second kappa shape index (κ2) is 8.56. The Hall–Kier alpha value is -3.92. The van der Waals surface area contributed by atoms with Crippen LogP contribution in [0.5, 0.6) is 23.0 Å². The number of hydrogen-bond donors (Lipinski definition) is 4. The number of rotatable bonds is 7. The second-order valence-electron chi connectivity index (χ2n) is 15.3. The molecule has 2 saturated heterocycles. The van der Waals surface area contributed by atoms with Crippen LogP contribution in [0.1, 0.15) is 54.9 Å². The van der Waals surface area contributed by atoms with Gasteiger partial charge in [-0.15, -0.1) is 13.2 Å². The van der Waals surface area contributed by atoms with E-state index in [-0.39, 0.29) is 17.4 Å². The van der Waals surface area contributed by atoms with Crippen LogP contribution in [0.25, 0.3) is 0 Å². The zero-order valence-electron chi connectivity index (χ0n) is 26.6. The predicted molar refractivity (Wildman–Crippen MR) is 178 cm³/mol. The average molecular weight is 633 g/mol. The largest absolute Gasteiger partial charge is 0.504 e. The maximum Gasteiger partial charge on any atom is 0.166 e. The number of aliphatic hydroxyl groups is 1. The number of nitrogens with zero attached hydrogens (tertiary/aromatic N) is 3. The molecule has 0 aromatic heterocycles. The monoisotopic (exact) mass is 632 g/mol. The Bertz CT molecular complexity index is 1920. The molecule has 0 amide bonds. The van der Waals surface area contributed by atoms with Crippen molar-refractivity contribution in [1.29, 1.82) is 0 Å². The van der Waals surface area contributed by atoms with Gasteiger partial charge in [0.1, 0.15) is 11.3 Å². The Morgan fingerprint density at radius 2 is 1.81 bits per heavy atom. The molecule has 4 heterocycles. The number of phenols is 2. The molecule has 242 valence electrons. The van der Waals surface area contributed by atoms with E-state index >= 15 is 0 Å². The van der Waals surface area contributed by atoms with E-state index < -0.39 is 39.7 Å². The third-order valence-corrected chi connectivity index (χ3v) is 13.8. The Balaban J connectivity index is 1.09. The molecule has 47 heavy (non-hydrogen) atoms. The van der Waals surface area contributed by atoms with Gasteiger partial charge in [-0.1, -0.05) is 37.8 Å². The van der Waals surface area contributed by atoms with E-state index in [0.29, 0.717) is 48.9 Å². The van der Waals surface area contributed by atoms with Crippen LogP contribution in [0.2, 0.25) is 0 Å². The van der Waals surface area contributed by atoms with Crippen LogP contribution in [0.4, 0.5) is 0 Å². The van der Waals surface area contributed by atoms with Crippen LogP contribution in [0.3, 0.4) is 0 Å². The van der Waals surface area contributed by atoms with Gasteiger partial charge < -0.3 is 24.8 Å². The van der Waals surface area contributed by atoms with Crippen LogP contribution in [-0.2, 0) is 23.7 Å². The molecule has 0 radical (unpaired) electrons. The minimum absolute atomic E-state index is 0.0854. The van der Waals surface area contributed by atoms with Crippen molar-refractivity contribution in [2.45, 2.75) is 91.2 Å². The quantitative estimate of drug-likeness (QED) is 0.207. The van der Waals surface area contributed by atoms with Gasteiger partial charge in [0, 0.05) is 35.5 Å². The summed E-state index contributed by atoms with van der Waals surface area (Å²) < 4.78 is 13.3. The normalized spacial score (nSPS) is 43.1. The minimum Gasteiger partial charge on any atom is -0.504 e. The van der Waals surface area contributed by atoms with Gasteiger partial charge in [0.05, 0.1) is 22.2 Å². The number of benzene rings is 2. The van der Waals surface area contributed by atoms with E-state index in [1.165, 1.54) is 5.56 Å². The standard InChI is InChI=1S/C38H40N4O5/c1-5-12-34-17-22-9-11-27(44)31-29(22)37-19-35(41-34,38(34,37)45)18-24(33(37)47-31)40-39-23(7-3)32-36-13-15-42(14-6-2)25(20(36)4)16-21-8-10-26(43)30(46-32)28(21)36/h5-11,20,25,32-33,41,43-45H,1-3,12-19H2,4H3/b39-23+,40-24?/t20-,25+,32-,33-,34+,35-,36-,37-,38-/m0/s1. The van der Waals surface area contributed by atoms with E-state index in [1.54, 1.807) is 18.2 Å². The predicted octanol–water partition coefficient (Wildman–Crippen LogP) is 3.98. The molecular formula is C38H40N4O5. The molecule has 4 N–H and O–H groups in total. The zero-order chi connectivity index (χ0) is 32.3. The molecule has 2 aromatic carbocycles. The van der Waals surface area contributed by atoms with E-state index in [4.69, 9.17) is 19.7 Å². The fraction of sp³-hybridized carbons (Fsp3) is 0.474. The van der Waals surface area contributed by atoms with Crippen LogP contribution < -0.4 is 14.8 Å². The molecule has 4 aliphatic heterocycles. The molecule has 11 rings (SSSR count). The van der Waals surface area contributed by atoms with E-state index in [0.717, 1.165) is 48.3 Å². The van der Waals surface area contributed by atoms with Gasteiger partial charge in [-0.25, -0.2) is 0 Å². The van der Waals surface area contributed by atoms with Crippen molar-refractivity contribution in [2.75, 3.05) is 13.1 Å². The molecule has 0 unspecified atom stereocenters. The Kier molecular flexibility index (Phi) is 5.12. The molecule has 9 nitrogen and oxygen atoms in total. The first-order valence-corrected chi connectivity index (χ1v) is 16.9. The fourth-order valence-electron chi connectivity index (χ4n) is 12.4. The summed E-state index contributed by atoms with van der Waals surface area (Å²) in [5.41, 5.74) is 2.38. The van der Waals surface area contributed by atoms with Crippen molar-refractivity contribution in [3.8, 4) is 23.0 Å². The molecule has 9 aliphatic rings. The number of piperidine rings is 2. The van der Waals surface area contributed by atoms with E-state index in [1.807, 2.05) is 24.3 Å².